The molecule has 0 saturated carbocycles. The van der Waals surface area contributed by atoms with Gasteiger partial charge >= 0.3 is 6.16 Å². The van der Waals surface area contributed by atoms with Gasteiger partial charge in [0, 0.05) is 19.7 Å². The molecule has 1 aromatic rings. The van der Waals surface area contributed by atoms with E-state index in [9.17, 15) is 14.4 Å². The van der Waals surface area contributed by atoms with Gasteiger partial charge < -0.3 is 14.4 Å². The van der Waals surface area contributed by atoms with E-state index in [1.165, 1.54) is 11.0 Å². The SMILES string of the molecule is C=CCOC(=O)O[C@H](C)C1C(=O)N(C)C1CC(=O)Sc1ccccn1. The highest BCUT2D eigenvalue weighted by atomic mass is 32.2. The van der Waals surface area contributed by atoms with E-state index in [1.807, 2.05) is 0 Å². The summed E-state index contributed by atoms with van der Waals surface area (Å²) in [6, 6.07) is 5.00. The molecule has 1 aliphatic heterocycles. The zero-order valence-electron chi connectivity index (χ0n) is 14.1. The molecule has 3 atom stereocenters. The summed E-state index contributed by atoms with van der Waals surface area (Å²) in [7, 11) is 1.63. The van der Waals surface area contributed by atoms with Crippen molar-refractivity contribution in [3.8, 4) is 0 Å². The monoisotopic (exact) mass is 364 g/mol. The van der Waals surface area contributed by atoms with Crippen LogP contribution in [0.25, 0.3) is 0 Å². The molecule has 0 aliphatic carbocycles. The molecule has 0 radical (unpaired) electrons. The van der Waals surface area contributed by atoms with E-state index in [0.29, 0.717) is 5.03 Å². The molecule has 25 heavy (non-hydrogen) atoms. The fourth-order valence-corrected chi connectivity index (χ4v) is 3.37. The zero-order valence-corrected chi connectivity index (χ0v) is 14.9. The molecule has 0 bridgehead atoms. The maximum Gasteiger partial charge on any atom is 0.508 e. The number of carbonyl (C=O) groups excluding carboxylic acids is 3. The third-order valence-corrected chi connectivity index (χ3v) is 4.73. The summed E-state index contributed by atoms with van der Waals surface area (Å²) < 4.78 is 9.87. The van der Waals surface area contributed by atoms with E-state index in [-0.39, 0.29) is 30.1 Å². The minimum Gasteiger partial charge on any atom is -0.430 e. The molecule has 1 fully saturated rings. The molecule has 2 rings (SSSR count). The average molecular weight is 364 g/mol. The van der Waals surface area contributed by atoms with Crippen LogP contribution in [0.1, 0.15) is 13.3 Å². The van der Waals surface area contributed by atoms with Crippen molar-refractivity contribution in [1.29, 1.82) is 0 Å². The Morgan fingerprint density at radius 2 is 2.24 bits per heavy atom. The number of β-lactam (4-membered cyclic amide) rings is 1. The minimum absolute atomic E-state index is 0.0344. The summed E-state index contributed by atoms with van der Waals surface area (Å²) in [5, 5.41) is 0.504. The van der Waals surface area contributed by atoms with Crippen molar-refractivity contribution in [3.05, 3.63) is 37.1 Å². The first-order chi connectivity index (χ1) is 11.9. The van der Waals surface area contributed by atoms with Crippen molar-refractivity contribution in [1.82, 2.24) is 9.88 Å². The number of hydrogen-bond acceptors (Lipinski definition) is 7. The molecule has 1 aliphatic rings. The van der Waals surface area contributed by atoms with E-state index < -0.39 is 18.2 Å². The Balaban J connectivity index is 1.92. The molecule has 134 valence electrons. The first kappa shape index (κ1) is 19.0. The van der Waals surface area contributed by atoms with Gasteiger partial charge in [-0.3, -0.25) is 9.59 Å². The quantitative estimate of drug-likeness (QED) is 0.317. The molecule has 0 N–H and O–H groups in total. The van der Waals surface area contributed by atoms with Crippen molar-refractivity contribution >= 4 is 28.9 Å². The Labute approximate surface area is 150 Å². The fourth-order valence-electron chi connectivity index (χ4n) is 2.62. The maximum absolute atomic E-state index is 12.2. The molecule has 8 heteroatoms. The van der Waals surface area contributed by atoms with Gasteiger partial charge in [-0.25, -0.2) is 9.78 Å². The Morgan fingerprint density at radius 1 is 1.48 bits per heavy atom. The first-order valence-corrected chi connectivity index (χ1v) is 8.58. The van der Waals surface area contributed by atoms with Gasteiger partial charge in [0.25, 0.3) is 0 Å². The third kappa shape index (κ3) is 4.82. The molecule has 0 aromatic carbocycles. The van der Waals surface area contributed by atoms with Gasteiger partial charge in [0.15, 0.2) is 5.12 Å². The zero-order chi connectivity index (χ0) is 18.4. The second-order valence-electron chi connectivity index (χ2n) is 5.56. The van der Waals surface area contributed by atoms with Crippen LogP contribution in [-0.2, 0) is 19.1 Å². The number of amides is 1. The van der Waals surface area contributed by atoms with Crippen molar-refractivity contribution < 1.29 is 23.9 Å². The van der Waals surface area contributed by atoms with E-state index >= 15 is 0 Å². The lowest BCUT2D eigenvalue weighted by Gasteiger charge is -2.46. The molecular weight excluding hydrogens is 344 g/mol. The second-order valence-corrected chi connectivity index (χ2v) is 6.64. The van der Waals surface area contributed by atoms with Crippen LogP contribution in [0.2, 0.25) is 0 Å². The highest BCUT2D eigenvalue weighted by Crippen LogP contribution is 2.34. The predicted octanol–water partition coefficient (Wildman–Crippen LogP) is 2.27. The van der Waals surface area contributed by atoms with Crippen LogP contribution >= 0.6 is 11.8 Å². The minimum atomic E-state index is -0.859. The summed E-state index contributed by atoms with van der Waals surface area (Å²) in [6.45, 7) is 5.09. The molecule has 1 amide bonds. The summed E-state index contributed by atoms with van der Waals surface area (Å²) >= 11 is 1.03. The van der Waals surface area contributed by atoms with Crippen molar-refractivity contribution in [2.45, 2.75) is 30.5 Å². The fraction of sp³-hybridized carbons (Fsp3) is 0.412. The Bertz CT molecular complexity index is 652. The van der Waals surface area contributed by atoms with Crippen LogP contribution < -0.4 is 0 Å². The standard InChI is InChI=1S/C17H20N2O5S/c1-4-9-23-17(22)24-11(2)15-12(19(3)16(15)21)10-14(20)25-13-7-5-6-8-18-13/h4-8,11-12,15H,1,9-10H2,2-3H3/t11-,12?,15?/m1/s1. The van der Waals surface area contributed by atoms with E-state index in [0.717, 1.165) is 11.8 Å². The van der Waals surface area contributed by atoms with Gasteiger partial charge in [-0.2, -0.15) is 0 Å². The number of ether oxygens (including phenoxy) is 2. The number of aromatic nitrogens is 1. The maximum atomic E-state index is 12.2. The van der Waals surface area contributed by atoms with E-state index in [1.54, 1.807) is 38.4 Å². The van der Waals surface area contributed by atoms with Gasteiger partial charge in [-0.1, -0.05) is 18.7 Å². The van der Waals surface area contributed by atoms with Crippen LogP contribution in [0.3, 0.4) is 0 Å². The lowest BCUT2D eigenvalue weighted by Crippen LogP contribution is -2.63. The molecule has 1 aromatic heterocycles. The third-order valence-electron chi connectivity index (χ3n) is 3.88. The highest BCUT2D eigenvalue weighted by molar-refractivity contribution is 8.13. The number of thioether (sulfide) groups is 1. The highest BCUT2D eigenvalue weighted by Gasteiger charge is 2.50. The molecular formula is C17H20N2O5S. The molecule has 2 heterocycles. The summed E-state index contributed by atoms with van der Waals surface area (Å²) in [5.41, 5.74) is 0. The van der Waals surface area contributed by atoms with Gasteiger partial charge in [0.05, 0.1) is 12.0 Å². The predicted molar refractivity (Wildman–Crippen MR) is 91.9 cm³/mol. The number of pyridine rings is 1. The topological polar surface area (TPSA) is 85.8 Å². The summed E-state index contributed by atoms with van der Waals surface area (Å²) in [4.78, 5) is 41.4. The number of nitrogens with zero attached hydrogens (tertiary/aromatic N) is 2. The number of hydrogen-bond donors (Lipinski definition) is 0. The van der Waals surface area contributed by atoms with Crippen LogP contribution in [0.15, 0.2) is 42.1 Å². The Morgan fingerprint density at radius 3 is 2.88 bits per heavy atom. The normalized spacial score (nSPS) is 20.4. The largest absolute Gasteiger partial charge is 0.508 e. The van der Waals surface area contributed by atoms with Gasteiger partial charge in [0.1, 0.15) is 17.7 Å². The molecule has 2 unspecified atom stereocenters. The lowest BCUT2D eigenvalue weighted by atomic mass is 9.82. The van der Waals surface area contributed by atoms with Crippen LogP contribution in [0.4, 0.5) is 4.79 Å². The second kappa shape index (κ2) is 8.66. The van der Waals surface area contributed by atoms with Crippen LogP contribution in [-0.4, -0.2) is 52.9 Å². The van der Waals surface area contributed by atoms with Crippen LogP contribution in [0.5, 0.6) is 0 Å². The van der Waals surface area contributed by atoms with Gasteiger partial charge in [-0.05, 0) is 30.8 Å². The number of rotatable bonds is 7. The summed E-state index contributed by atoms with van der Waals surface area (Å²) in [5.74, 6) is -0.723. The first-order valence-electron chi connectivity index (χ1n) is 7.76. The van der Waals surface area contributed by atoms with Gasteiger partial charge in [-0.15, -0.1) is 0 Å². The van der Waals surface area contributed by atoms with Crippen molar-refractivity contribution in [2.75, 3.05) is 13.7 Å². The van der Waals surface area contributed by atoms with Crippen molar-refractivity contribution in [3.63, 3.8) is 0 Å². The van der Waals surface area contributed by atoms with Crippen LogP contribution in [0, 0.1) is 5.92 Å². The molecule has 1 saturated heterocycles. The smallest absolute Gasteiger partial charge is 0.430 e. The Kier molecular flexibility index (Phi) is 6.58. The van der Waals surface area contributed by atoms with E-state index in [4.69, 9.17) is 9.47 Å². The summed E-state index contributed by atoms with van der Waals surface area (Å²) in [6.07, 6.45) is 1.65. The van der Waals surface area contributed by atoms with E-state index in [2.05, 4.69) is 11.6 Å². The molecule has 7 nitrogen and oxygen atoms in total. The van der Waals surface area contributed by atoms with Gasteiger partial charge in [0.2, 0.25) is 5.91 Å². The van der Waals surface area contributed by atoms with Crippen molar-refractivity contribution in [2.24, 2.45) is 5.92 Å². The lowest BCUT2D eigenvalue weighted by molar-refractivity contribution is -0.162. The average Bonchev–Trinajstić information content (AvgIpc) is 2.59. The molecule has 0 spiro atoms. The number of carbonyl (C=O) groups is 3. The Hall–Kier alpha value is -2.35. The number of likely N-dealkylation sites (tertiary alicyclic amines) is 1.